The molecule has 8 N–H and O–H groups in total. The van der Waals surface area contributed by atoms with Gasteiger partial charge >= 0.3 is 0 Å². The van der Waals surface area contributed by atoms with Gasteiger partial charge in [0.1, 0.15) is 0 Å². The highest BCUT2D eigenvalue weighted by atomic mass is 127. The highest BCUT2D eigenvalue weighted by Gasteiger charge is 2.25. The fourth-order valence-electron chi connectivity index (χ4n) is 14.1. The fraction of sp³-hybridized carbons (Fsp3) is 0.220. The summed E-state index contributed by atoms with van der Waals surface area (Å²) in [7, 11) is -3.81. The van der Waals surface area contributed by atoms with E-state index in [1.807, 2.05) is 69.1 Å². The third-order valence-corrected chi connectivity index (χ3v) is 44.6. The SMILES string of the molecule is CCCc1cc(-c2cccs2)sc1-c1ccc(-c2sc(-c3cccs3)cc2CCOS(=O)(=O)c2ccc(C)cc2)s1.OCCc1cc(-c2cccs2)sc1-c1ccc(-c2sc(-c3cccs3)cc2CCO)s1.OCCc1cc(Br)sc1-c1ccc(-c2sc(Br)cc2CCO)s1.OCCc1ccsc1.OCCc1ccsc1-c1ccc(-c2sccc2CCO)s1.OCCc1ccsc1I.P. The van der Waals surface area contributed by atoms with E-state index in [1.165, 1.54) is 170 Å². The van der Waals surface area contributed by atoms with Crippen molar-refractivity contribution in [2.24, 2.45) is 0 Å². The number of aryl methyl sites for hydroxylation is 2. The smallest absolute Gasteiger partial charge is 0.296 e. The van der Waals surface area contributed by atoms with E-state index in [0.717, 1.165) is 44.4 Å². The van der Waals surface area contributed by atoms with E-state index >= 15 is 0 Å². The first kappa shape index (κ1) is 107. The van der Waals surface area contributed by atoms with E-state index in [2.05, 4.69) is 251 Å². The highest BCUT2D eigenvalue weighted by Crippen LogP contribution is 2.52. The second-order valence-electron chi connectivity index (χ2n) is 29.5. The standard InChI is InChI=1S/C32H28O3S6.C24H20O2S5.C16H14Br2O2S3.C16H16O2S3.C6H7IOS.C6H8OS.H3P/c1-3-6-22-19-29(25-7-4-17-36-25)39-31(22)27-13-14-28(38-27)32-23(20-30(40-32)26-8-5-18-37-26)15-16-35-41(33,34)24-11-9-21(2)10-12-24;25-9-7-15-13-21(17-3-1-11-27-17)30-23(15)19-5-6-20(29-19)24-16(8-10-26)14-22(31-24)18-4-2-12-28-18;17-13-7-9(3-5-19)15(22-13)11-1-2-12(21-11)16-10(4-6-20)8-14(18)23-16;17-7-3-11-5-9-19-15(11)13-1-2-14(21-13)16-12(4-8-18)6-10-20-16;7-6-5(1-3-8)2-4-9-6;7-3-1-6-2-4-8-5-6;/h4-5,7-14,17-20H,3,6,15-16H2,1-2H3;1-6,11-14,25-26H,7-10H2;1-2,7-8,19-20H,3-6H2;1-2,5-6,9-10,17-18H,3-4,7-8H2;2,4,8H,1,3H2;2,4-5,7H,1,3H2;1H3. The molecule has 1 atom stereocenters. The molecule has 0 bridgehead atoms. The molecule has 134 heavy (non-hydrogen) atoms. The number of thiophene rings is 18. The Morgan fingerprint density at radius 2 is 0.612 bits per heavy atom. The van der Waals surface area contributed by atoms with Crippen molar-refractivity contribution in [3.05, 3.63) is 302 Å². The minimum Gasteiger partial charge on any atom is -0.396 e. The Morgan fingerprint density at radius 3 is 0.933 bits per heavy atom. The van der Waals surface area contributed by atoms with Gasteiger partial charge in [0.15, 0.2) is 0 Å². The summed E-state index contributed by atoms with van der Waals surface area (Å²) in [5, 5.41) is 91.7. The van der Waals surface area contributed by atoms with Crippen LogP contribution < -0.4 is 0 Å². The first-order chi connectivity index (χ1) is 64.9. The van der Waals surface area contributed by atoms with Gasteiger partial charge in [0, 0.05) is 170 Å². The van der Waals surface area contributed by atoms with Gasteiger partial charge in [-0.05, 0) is 375 Å². The van der Waals surface area contributed by atoms with Crippen LogP contribution >= 0.6 is 268 Å². The van der Waals surface area contributed by atoms with Crippen molar-refractivity contribution < 1.29 is 53.5 Å². The zero-order valence-electron chi connectivity index (χ0n) is 72.6. The molecule has 0 amide bonds. The number of aliphatic hydroxyl groups excluding tert-OH is 8. The summed E-state index contributed by atoms with van der Waals surface area (Å²) in [6, 6.07) is 62.8. The van der Waals surface area contributed by atoms with Crippen molar-refractivity contribution in [2.75, 3.05) is 59.5 Å². The van der Waals surface area contributed by atoms with Gasteiger partial charge in [0.05, 0.1) is 22.0 Å². The third kappa shape index (κ3) is 28.7. The number of rotatable bonds is 35. The molecule has 19 aromatic rings. The van der Waals surface area contributed by atoms with E-state index in [9.17, 15) is 28.8 Å². The van der Waals surface area contributed by atoms with Crippen molar-refractivity contribution in [1.82, 2.24) is 0 Å². The molecule has 19 rings (SSSR count). The summed E-state index contributed by atoms with van der Waals surface area (Å²) in [6.45, 7) is 5.78. The Balaban J connectivity index is 0.000000146. The molecule has 0 saturated carbocycles. The lowest BCUT2D eigenvalue weighted by Crippen LogP contribution is -2.09. The van der Waals surface area contributed by atoms with Crippen molar-refractivity contribution in [3.8, 4) is 117 Å². The lowest BCUT2D eigenvalue weighted by molar-refractivity contribution is 0.299. The predicted octanol–water partition coefficient (Wildman–Crippen LogP) is 31.9. The summed E-state index contributed by atoms with van der Waals surface area (Å²) in [5.74, 6) is 0. The summed E-state index contributed by atoms with van der Waals surface area (Å²) in [6.07, 6.45) is 8.37. The van der Waals surface area contributed by atoms with Crippen molar-refractivity contribution >= 4 is 279 Å². The molecule has 0 aliphatic heterocycles. The van der Waals surface area contributed by atoms with Crippen LogP contribution in [0.2, 0.25) is 0 Å². The molecular weight excluding hydrogens is 2300 g/mol. The van der Waals surface area contributed by atoms with Crippen LogP contribution in [-0.4, -0.2) is 109 Å². The molecule has 0 aliphatic carbocycles. The van der Waals surface area contributed by atoms with Crippen LogP contribution in [0.15, 0.2) is 243 Å². The second kappa shape index (κ2) is 54.1. The number of halogens is 3. The molecule has 0 saturated heterocycles. The molecule has 11 nitrogen and oxygen atoms in total. The van der Waals surface area contributed by atoms with Gasteiger partial charge in [0.25, 0.3) is 10.1 Å². The van der Waals surface area contributed by atoms with Crippen LogP contribution in [0.4, 0.5) is 0 Å². The summed E-state index contributed by atoms with van der Waals surface area (Å²) in [4.78, 5) is 30.3. The summed E-state index contributed by atoms with van der Waals surface area (Å²) in [5.41, 5.74) is 13.3. The van der Waals surface area contributed by atoms with E-state index < -0.39 is 10.1 Å². The molecule has 0 radical (unpaired) electrons. The second-order valence-corrected chi connectivity index (χ2v) is 53.7. The van der Waals surface area contributed by atoms with E-state index in [0.29, 0.717) is 44.9 Å². The largest absolute Gasteiger partial charge is 0.396 e. The zero-order chi connectivity index (χ0) is 93.2. The van der Waals surface area contributed by atoms with Crippen LogP contribution in [-0.2, 0) is 78.5 Å². The van der Waals surface area contributed by atoms with E-state index in [1.54, 1.807) is 183 Å². The van der Waals surface area contributed by atoms with Crippen LogP contribution in [0.5, 0.6) is 0 Å². The minimum atomic E-state index is -3.81. The number of hydrogen-bond donors (Lipinski definition) is 8. The third-order valence-electron chi connectivity index (χ3n) is 20.3. The topological polar surface area (TPSA) is 205 Å². The first-order valence-corrected chi connectivity index (χ1v) is 61.6. The van der Waals surface area contributed by atoms with Crippen LogP contribution in [0.25, 0.3) is 117 Å². The Kier molecular flexibility index (Phi) is 43.1. The quantitative estimate of drug-likeness (QED) is 0.0107. The van der Waals surface area contributed by atoms with Gasteiger partial charge in [-0.1, -0.05) is 55.3 Å². The van der Waals surface area contributed by atoms with E-state index in [-0.39, 0.29) is 74.3 Å². The van der Waals surface area contributed by atoms with Crippen LogP contribution in [0, 0.1) is 9.81 Å². The molecule has 1 unspecified atom stereocenters. The maximum atomic E-state index is 12.8. The van der Waals surface area contributed by atoms with Gasteiger partial charge in [-0.25, -0.2) is 0 Å². The Bertz CT molecular complexity index is 6580. The molecule has 1 aromatic carbocycles. The van der Waals surface area contributed by atoms with Crippen molar-refractivity contribution in [3.63, 3.8) is 0 Å². The predicted molar refractivity (Wildman–Crippen MR) is 613 cm³/mol. The van der Waals surface area contributed by atoms with Gasteiger partial charge in [-0.3, -0.25) is 4.18 Å². The molecule has 0 spiro atoms. The number of hydrogen-bond acceptors (Lipinski definition) is 29. The van der Waals surface area contributed by atoms with Crippen LogP contribution in [0.3, 0.4) is 0 Å². The number of aliphatic hydroxyl groups is 8. The summed E-state index contributed by atoms with van der Waals surface area (Å²) < 4.78 is 34.6. The van der Waals surface area contributed by atoms with Gasteiger partial charge < -0.3 is 40.9 Å². The zero-order valence-corrected chi connectivity index (χ0v) is 94.8. The van der Waals surface area contributed by atoms with Crippen molar-refractivity contribution in [2.45, 2.75) is 89.4 Å². The lowest BCUT2D eigenvalue weighted by Gasteiger charge is -2.06. The maximum absolute atomic E-state index is 12.8. The van der Waals surface area contributed by atoms with Gasteiger partial charge in [0.2, 0.25) is 0 Å². The molecule has 18 aromatic heterocycles. The average Bonchev–Trinajstić information content (AvgIpc) is 1.64. The molecule has 0 aliphatic rings. The van der Waals surface area contributed by atoms with Crippen molar-refractivity contribution in [1.29, 1.82) is 0 Å². The Hall–Kier alpha value is -4.47. The lowest BCUT2D eigenvalue weighted by atomic mass is 10.1. The maximum Gasteiger partial charge on any atom is 0.296 e. The molecule has 0 fully saturated rings. The van der Waals surface area contributed by atoms with Gasteiger partial charge in [-0.2, -0.15) is 29.7 Å². The number of benzene rings is 1. The monoisotopic (exact) mass is 2400 g/mol. The molecular formula is C100H96Br2IO11PS19. The normalized spacial score (nSPS) is 11.2. The highest BCUT2D eigenvalue weighted by molar-refractivity contribution is 14.1. The fourth-order valence-corrected chi connectivity index (χ4v) is 35.9. The Morgan fingerprint density at radius 1 is 0.299 bits per heavy atom. The first-order valence-electron chi connectivity index (χ1n) is 42.2. The molecule has 18 heterocycles. The average molecular weight is 2400 g/mol. The van der Waals surface area contributed by atoms with E-state index in [4.69, 9.17) is 24.6 Å². The summed E-state index contributed by atoms with van der Waals surface area (Å²) >= 11 is 41.1. The molecule has 702 valence electrons. The Labute approximate surface area is 888 Å². The molecule has 34 heteroatoms. The minimum absolute atomic E-state index is 0. The van der Waals surface area contributed by atoms with Gasteiger partial charge in [-0.15, -0.1) is 193 Å². The van der Waals surface area contributed by atoms with Crippen LogP contribution in [0.1, 0.15) is 74.5 Å².